The highest BCUT2D eigenvalue weighted by Crippen LogP contribution is 2.28. The Morgan fingerprint density at radius 1 is 1.29 bits per heavy atom. The number of nitrogens with zero attached hydrogens (tertiary/aromatic N) is 1. The molecule has 0 radical (unpaired) electrons. The van der Waals surface area contributed by atoms with Gasteiger partial charge in [0.2, 0.25) is 0 Å². The largest absolute Gasteiger partial charge is 0.312 e. The number of fused-ring (bicyclic) bond motifs is 1. The van der Waals surface area contributed by atoms with Crippen LogP contribution in [0.2, 0.25) is 5.02 Å². The highest BCUT2D eigenvalue weighted by atomic mass is 35.5. The molecule has 2 nitrogen and oxygen atoms in total. The molecule has 17 heavy (non-hydrogen) atoms. The van der Waals surface area contributed by atoms with Gasteiger partial charge < -0.3 is 5.32 Å². The lowest BCUT2D eigenvalue weighted by Crippen LogP contribution is -2.53. The molecule has 2 atom stereocenters. The van der Waals surface area contributed by atoms with Gasteiger partial charge in [0.05, 0.1) is 0 Å². The third-order valence-electron chi connectivity index (χ3n) is 4.00. The minimum absolute atomic E-state index is 0.621. The Labute approximate surface area is 108 Å². The maximum absolute atomic E-state index is 6.06. The second-order valence-electron chi connectivity index (χ2n) is 5.33. The average molecular weight is 251 g/mol. The van der Waals surface area contributed by atoms with Gasteiger partial charge in [-0.3, -0.25) is 4.90 Å². The van der Waals surface area contributed by atoms with E-state index in [9.17, 15) is 0 Å². The van der Waals surface area contributed by atoms with Gasteiger partial charge in [0.25, 0.3) is 0 Å². The van der Waals surface area contributed by atoms with Crippen molar-refractivity contribution >= 4 is 11.6 Å². The van der Waals surface area contributed by atoms with E-state index in [0.29, 0.717) is 12.1 Å². The van der Waals surface area contributed by atoms with Gasteiger partial charge in [-0.15, -0.1) is 0 Å². The maximum atomic E-state index is 6.06. The summed E-state index contributed by atoms with van der Waals surface area (Å²) in [6.07, 6.45) is 2.36. The SMILES string of the molecule is C[C@@H]1CN([C@H]2Cc3ccc(Cl)cc3C2)CCN1. The van der Waals surface area contributed by atoms with E-state index in [0.717, 1.165) is 11.6 Å². The molecule has 0 saturated carbocycles. The van der Waals surface area contributed by atoms with Gasteiger partial charge in [0.15, 0.2) is 0 Å². The summed E-state index contributed by atoms with van der Waals surface area (Å²) >= 11 is 6.06. The Morgan fingerprint density at radius 3 is 2.94 bits per heavy atom. The van der Waals surface area contributed by atoms with Crippen LogP contribution in [0.3, 0.4) is 0 Å². The predicted octanol–water partition coefficient (Wildman–Crippen LogP) is 2.10. The Kier molecular flexibility index (Phi) is 3.12. The molecule has 1 N–H and O–H groups in total. The summed E-state index contributed by atoms with van der Waals surface area (Å²) < 4.78 is 0. The lowest BCUT2D eigenvalue weighted by atomic mass is 10.1. The van der Waals surface area contributed by atoms with Crippen LogP contribution in [0.15, 0.2) is 18.2 Å². The quantitative estimate of drug-likeness (QED) is 0.821. The smallest absolute Gasteiger partial charge is 0.0408 e. The van der Waals surface area contributed by atoms with Crippen LogP contribution in [0.4, 0.5) is 0 Å². The molecule has 2 aliphatic rings. The normalized spacial score (nSPS) is 29.3. The van der Waals surface area contributed by atoms with E-state index in [1.165, 1.54) is 37.1 Å². The summed E-state index contributed by atoms with van der Waals surface area (Å²) in [5, 5.41) is 4.38. The van der Waals surface area contributed by atoms with Gasteiger partial charge in [-0.25, -0.2) is 0 Å². The first-order valence-electron chi connectivity index (χ1n) is 6.47. The van der Waals surface area contributed by atoms with Crippen molar-refractivity contribution in [3.63, 3.8) is 0 Å². The van der Waals surface area contributed by atoms with Crippen molar-refractivity contribution in [2.24, 2.45) is 0 Å². The minimum Gasteiger partial charge on any atom is -0.312 e. The molecular weight excluding hydrogens is 232 g/mol. The van der Waals surface area contributed by atoms with Crippen molar-refractivity contribution in [2.75, 3.05) is 19.6 Å². The van der Waals surface area contributed by atoms with E-state index in [-0.39, 0.29) is 0 Å². The fraction of sp³-hybridized carbons (Fsp3) is 0.571. The molecule has 1 aromatic carbocycles. The average Bonchev–Trinajstić information content (AvgIpc) is 2.72. The Balaban J connectivity index is 1.73. The number of benzene rings is 1. The number of hydrogen-bond acceptors (Lipinski definition) is 2. The van der Waals surface area contributed by atoms with Gasteiger partial charge in [0, 0.05) is 36.7 Å². The molecule has 0 bridgehead atoms. The first kappa shape index (κ1) is 11.5. The fourth-order valence-electron chi connectivity index (χ4n) is 3.12. The first-order chi connectivity index (χ1) is 8.22. The number of nitrogens with one attached hydrogen (secondary N) is 1. The molecule has 1 aliphatic heterocycles. The first-order valence-corrected chi connectivity index (χ1v) is 6.85. The lowest BCUT2D eigenvalue weighted by Gasteiger charge is -2.36. The van der Waals surface area contributed by atoms with Gasteiger partial charge in [-0.1, -0.05) is 17.7 Å². The van der Waals surface area contributed by atoms with Crippen LogP contribution in [-0.2, 0) is 12.8 Å². The third-order valence-corrected chi connectivity index (χ3v) is 4.23. The fourth-order valence-corrected chi connectivity index (χ4v) is 3.31. The van der Waals surface area contributed by atoms with Crippen LogP contribution in [0.25, 0.3) is 0 Å². The van der Waals surface area contributed by atoms with Crippen LogP contribution in [0.1, 0.15) is 18.1 Å². The molecule has 1 saturated heterocycles. The topological polar surface area (TPSA) is 15.3 Å². The van der Waals surface area contributed by atoms with E-state index in [1.54, 1.807) is 0 Å². The van der Waals surface area contributed by atoms with Crippen molar-refractivity contribution in [2.45, 2.75) is 31.8 Å². The van der Waals surface area contributed by atoms with Crippen LogP contribution in [0, 0.1) is 0 Å². The van der Waals surface area contributed by atoms with Crippen molar-refractivity contribution < 1.29 is 0 Å². The summed E-state index contributed by atoms with van der Waals surface area (Å²) in [6.45, 7) is 5.74. The minimum atomic E-state index is 0.621. The number of piperazine rings is 1. The molecular formula is C14H19ClN2. The Hall–Kier alpha value is -0.570. The zero-order chi connectivity index (χ0) is 11.8. The number of rotatable bonds is 1. The Bertz CT molecular complexity index is 419. The molecule has 1 heterocycles. The van der Waals surface area contributed by atoms with Crippen LogP contribution in [0.5, 0.6) is 0 Å². The predicted molar refractivity (Wildman–Crippen MR) is 71.7 cm³/mol. The molecule has 1 aromatic rings. The second-order valence-corrected chi connectivity index (χ2v) is 5.76. The monoisotopic (exact) mass is 250 g/mol. The van der Waals surface area contributed by atoms with Crippen molar-refractivity contribution in [1.29, 1.82) is 0 Å². The van der Waals surface area contributed by atoms with E-state index in [1.807, 2.05) is 6.07 Å². The van der Waals surface area contributed by atoms with Crippen molar-refractivity contribution in [3.8, 4) is 0 Å². The van der Waals surface area contributed by atoms with Crippen molar-refractivity contribution in [3.05, 3.63) is 34.3 Å². The van der Waals surface area contributed by atoms with E-state index in [2.05, 4.69) is 29.3 Å². The zero-order valence-electron chi connectivity index (χ0n) is 10.2. The molecule has 3 rings (SSSR count). The molecule has 1 aliphatic carbocycles. The summed E-state index contributed by atoms with van der Waals surface area (Å²) in [5.41, 5.74) is 2.94. The summed E-state index contributed by atoms with van der Waals surface area (Å²) in [7, 11) is 0. The van der Waals surface area contributed by atoms with Crippen molar-refractivity contribution in [1.82, 2.24) is 10.2 Å². The molecule has 3 heteroatoms. The molecule has 0 unspecified atom stereocenters. The molecule has 0 amide bonds. The van der Waals surface area contributed by atoms with Gasteiger partial charge >= 0.3 is 0 Å². The maximum Gasteiger partial charge on any atom is 0.0408 e. The van der Waals surface area contributed by atoms with Crippen LogP contribution < -0.4 is 5.32 Å². The summed E-state index contributed by atoms with van der Waals surface area (Å²) in [4.78, 5) is 2.63. The van der Waals surface area contributed by atoms with E-state index >= 15 is 0 Å². The number of halogens is 1. The summed E-state index contributed by atoms with van der Waals surface area (Å²) in [6, 6.07) is 7.67. The highest BCUT2D eigenvalue weighted by Gasteiger charge is 2.29. The molecule has 1 fully saturated rings. The molecule has 0 spiro atoms. The molecule has 92 valence electrons. The number of hydrogen-bond donors (Lipinski definition) is 1. The zero-order valence-corrected chi connectivity index (χ0v) is 11.0. The van der Waals surface area contributed by atoms with E-state index < -0.39 is 0 Å². The van der Waals surface area contributed by atoms with Gasteiger partial charge in [-0.2, -0.15) is 0 Å². The molecule has 0 aromatic heterocycles. The summed E-state index contributed by atoms with van der Waals surface area (Å²) in [5.74, 6) is 0. The third kappa shape index (κ3) is 2.35. The highest BCUT2D eigenvalue weighted by molar-refractivity contribution is 6.30. The van der Waals surface area contributed by atoms with Gasteiger partial charge in [0.1, 0.15) is 0 Å². The standard InChI is InChI=1S/C14H19ClN2/c1-10-9-17(5-4-16-10)14-7-11-2-3-13(15)6-12(11)8-14/h2-3,6,10,14,16H,4-5,7-9H2,1H3/t10-,14+/m1/s1. The van der Waals surface area contributed by atoms with Crippen LogP contribution in [-0.4, -0.2) is 36.6 Å². The van der Waals surface area contributed by atoms with E-state index in [4.69, 9.17) is 11.6 Å². The lowest BCUT2D eigenvalue weighted by molar-refractivity contribution is 0.152. The van der Waals surface area contributed by atoms with Crippen LogP contribution >= 0.6 is 11.6 Å². The second kappa shape index (κ2) is 4.60. The van der Waals surface area contributed by atoms with Gasteiger partial charge in [-0.05, 0) is 43.0 Å². The Morgan fingerprint density at radius 2 is 2.12 bits per heavy atom.